The summed E-state index contributed by atoms with van der Waals surface area (Å²) in [6.45, 7) is 0. The molecule has 0 fully saturated rings. The summed E-state index contributed by atoms with van der Waals surface area (Å²) in [5.74, 6) is 0.498. The third-order valence-electron chi connectivity index (χ3n) is 10.3. The van der Waals surface area contributed by atoms with Gasteiger partial charge in [-0.05, 0) is 106 Å². The van der Waals surface area contributed by atoms with Gasteiger partial charge in [0.1, 0.15) is 17.2 Å². The number of anilines is 1. The molecule has 66 heavy (non-hydrogen) atoms. The van der Waals surface area contributed by atoms with Gasteiger partial charge in [-0.1, -0.05) is 152 Å². The maximum absolute atomic E-state index is 12.3. The predicted octanol–water partition coefficient (Wildman–Crippen LogP) is 13.7. The molecule has 0 aliphatic carbocycles. The quantitative estimate of drug-likeness (QED) is 0.0679. The van der Waals surface area contributed by atoms with Gasteiger partial charge in [0.05, 0.1) is 22.5 Å². The van der Waals surface area contributed by atoms with Crippen molar-refractivity contribution in [2.45, 2.75) is 0 Å². The predicted molar refractivity (Wildman–Crippen MR) is 268 cm³/mol. The lowest BCUT2D eigenvalue weighted by Gasteiger charge is -2.07. The van der Waals surface area contributed by atoms with E-state index >= 15 is 0 Å². The Morgan fingerprint density at radius 3 is 1.29 bits per heavy atom. The molecule has 8 nitrogen and oxygen atoms in total. The number of nitrogens with two attached hydrogens (primary N) is 1. The van der Waals surface area contributed by atoms with Crippen molar-refractivity contribution in [3.05, 3.63) is 253 Å². The summed E-state index contributed by atoms with van der Waals surface area (Å²) < 4.78 is 10.9. The number of esters is 2. The molecule has 10 aromatic rings. The van der Waals surface area contributed by atoms with Gasteiger partial charge in [-0.2, -0.15) is 0 Å². The number of carbonyl (C=O) groups excluding carboxylic acids is 2. The molecule has 0 amide bonds. The van der Waals surface area contributed by atoms with Crippen LogP contribution in [0.15, 0.2) is 241 Å². The number of hydrogen-bond acceptors (Lipinski definition) is 8. The summed E-state index contributed by atoms with van der Waals surface area (Å²) >= 11 is 0. The number of nitrogen functional groups attached to an aromatic ring is 1. The first-order valence-corrected chi connectivity index (χ1v) is 21.1. The van der Waals surface area contributed by atoms with Crippen LogP contribution in [0.3, 0.4) is 0 Å². The summed E-state index contributed by atoms with van der Waals surface area (Å²) in [6, 6.07) is 71.6. The normalized spacial score (nSPS) is 10.8. The molecule has 0 spiro atoms. The molecule has 0 bridgehead atoms. The van der Waals surface area contributed by atoms with Crippen LogP contribution in [-0.4, -0.2) is 29.5 Å². The molecule has 0 heterocycles. The third kappa shape index (κ3) is 11.5. The SMILES string of the molecule is Nc1cccc2ccc(OC(=O)c3ccccc3)cc12.O=C(Oc1ccc2cccc(N=Cc3ccccc3)c2c1)c1ccccc1.Oc1ccc2cccc(N=Cc3ccccc3)c2c1. The number of fused-ring (bicyclic) bond motifs is 3. The first-order valence-electron chi connectivity index (χ1n) is 21.1. The number of rotatable bonds is 8. The number of phenolic OH excluding ortho intramolecular Hbond substituents is 1. The van der Waals surface area contributed by atoms with Gasteiger partial charge in [0, 0.05) is 34.3 Å². The second-order valence-electron chi connectivity index (χ2n) is 14.9. The standard InChI is InChI=1S/C24H17NO2.C17H13NO2.C17H13NO/c26-24(20-10-5-2-6-11-20)27-21-15-14-19-12-7-13-23(22(19)16-21)25-17-18-8-3-1-4-9-18;18-16-8-4-7-12-9-10-14(11-15(12)16)20-17(19)13-5-2-1-3-6-13;19-15-10-9-14-7-4-8-17(16(14)11-15)18-12-13-5-2-1-3-6-13/h1-17H;1-11H,18H2;1-12,19H. The van der Waals surface area contributed by atoms with E-state index < -0.39 is 0 Å². The Hall–Kier alpha value is -9.14. The van der Waals surface area contributed by atoms with Crippen molar-refractivity contribution < 1.29 is 24.2 Å². The fraction of sp³-hybridized carbons (Fsp3) is 0. The van der Waals surface area contributed by atoms with E-state index in [2.05, 4.69) is 9.98 Å². The largest absolute Gasteiger partial charge is 0.508 e. The highest BCUT2D eigenvalue weighted by Crippen LogP contribution is 2.31. The number of carbonyl (C=O) groups is 2. The molecule has 0 saturated carbocycles. The Morgan fingerprint density at radius 2 is 0.803 bits per heavy atom. The fourth-order valence-corrected chi connectivity index (χ4v) is 6.95. The zero-order chi connectivity index (χ0) is 45.5. The van der Waals surface area contributed by atoms with Gasteiger partial charge >= 0.3 is 11.9 Å². The van der Waals surface area contributed by atoms with Crippen LogP contribution >= 0.6 is 0 Å². The van der Waals surface area contributed by atoms with E-state index in [1.807, 2.05) is 176 Å². The molecule has 320 valence electrons. The summed E-state index contributed by atoms with van der Waals surface area (Å²) in [6.07, 6.45) is 3.66. The van der Waals surface area contributed by atoms with E-state index in [-0.39, 0.29) is 17.7 Å². The number of ether oxygens (including phenoxy) is 2. The van der Waals surface area contributed by atoms with E-state index in [0.29, 0.717) is 28.3 Å². The van der Waals surface area contributed by atoms with E-state index in [9.17, 15) is 14.7 Å². The number of nitrogens with zero attached hydrogens (tertiary/aromatic N) is 2. The maximum atomic E-state index is 12.3. The minimum Gasteiger partial charge on any atom is -0.508 e. The minimum absolute atomic E-state index is 0.259. The molecule has 0 atom stereocenters. The van der Waals surface area contributed by atoms with Gasteiger partial charge in [-0.3, -0.25) is 9.98 Å². The molecule has 3 N–H and O–H groups in total. The van der Waals surface area contributed by atoms with Crippen molar-refractivity contribution >= 4 is 73.7 Å². The Kier molecular flexibility index (Phi) is 14.0. The third-order valence-corrected chi connectivity index (χ3v) is 10.3. The zero-order valence-electron chi connectivity index (χ0n) is 35.6. The lowest BCUT2D eigenvalue weighted by Crippen LogP contribution is -2.08. The van der Waals surface area contributed by atoms with Crippen LogP contribution in [0.5, 0.6) is 17.2 Å². The molecule has 0 aliphatic rings. The second kappa shape index (κ2) is 21.3. The highest BCUT2D eigenvalue weighted by atomic mass is 16.5. The molecular weight excluding hydrogens is 819 g/mol. The molecule has 0 aliphatic heterocycles. The summed E-state index contributed by atoms with van der Waals surface area (Å²) in [7, 11) is 0. The van der Waals surface area contributed by atoms with Gasteiger partial charge in [0.25, 0.3) is 0 Å². The van der Waals surface area contributed by atoms with Gasteiger partial charge in [-0.25, -0.2) is 9.59 Å². The van der Waals surface area contributed by atoms with Crippen LogP contribution in [-0.2, 0) is 0 Å². The Morgan fingerprint density at radius 1 is 0.409 bits per heavy atom. The number of aliphatic imine (C=N–C) groups is 2. The molecule has 0 aromatic heterocycles. The van der Waals surface area contributed by atoms with Crippen LogP contribution in [0.4, 0.5) is 17.1 Å². The number of aromatic hydroxyl groups is 1. The van der Waals surface area contributed by atoms with Crippen LogP contribution in [0.2, 0.25) is 0 Å². The molecule has 0 radical (unpaired) electrons. The van der Waals surface area contributed by atoms with Crippen molar-refractivity contribution in [2.24, 2.45) is 9.98 Å². The van der Waals surface area contributed by atoms with Crippen molar-refractivity contribution in [1.29, 1.82) is 0 Å². The molecular formula is C58H43N3O5. The van der Waals surface area contributed by atoms with E-state index in [0.717, 1.165) is 54.8 Å². The average molecular weight is 862 g/mol. The zero-order valence-corrected chi connectivity index (χ0v) is 35.6. The van der Waals surface area contributed by atoms with Gasteiger partial charge in [0.15, 0.2) is 0 Å². The lowest BCUT2D eigenvalue weighted by atomic mass is 10.1. The first kappa shape index (κ1) is 43.5. The van der Waals surface area contributed by atoms with Crippen LogP contribution in [0.25, 0.3) is 32.3 Å². The van der Waals surface area contributed by atoms with Crippen molar-refractivity contribution in [2.75, 3.05) is 5.73 Å². The summed E-state index contributed by atoms with van der Waals surface area (Å²) in [4.78, 5) is 33.4. The Balaban J connectivity index is 0.000000137. The van der Waals surface area contributed by atoms with E-state index in [1.54, 1.807) is 66.7 Å². The maximum Gasteiger partial charge on any atom is 0.343 e. The minimum atomic E-state index is -0.376. The molecule has 10 aromatic carbocycles. The fourth-order valence-electron chi connectivity index (χ4n) is 6.95. The van der Waals surface area contributed by atoms with Crippen molar-refractivity contribution in [1.82, 2.24) is 0 Å². The number of hydrogen-bond donors (Lipinski definition) is 2. The molecule has 10 rings (SSSR count). The lowest BCUT2D eigenvalue weighted by molar-refractivity contribution is 0.0725. The topological polar surface area (TPSA) is 124 Å². The second-order valence-corrected chi connectivity index (χ2v) is 14.9. The summed E-state index contributed by atoms with van der Waals surface area (Å²) in [5.41, 5.74) is 11.4. The van der Waals surface area contributed by atoms with E-state index in [1.165, 1.54) is 0 Å². The number of phenols is 1. The van der Waals surface area contributed by atoms with Gasteiger partial charge in [0.2, 0.25) is 0 Å². The van der Waals surface area contributed by atoms with Gasteiger partial charge in [-0.15, -0.1) is 0 Å². The van der Waals surface area contributed by atoms with Crippen molar-refractivity contribution in [3.63, 3.8) is 0 Å². The van der Waals surface area contributed by atoms with Crippen molar-refractivity contribution in [3.8, 4) is 17.2 Å². The summed E-state index contributed by atoms with van der Waals surface area (Å²) in [5, 5.41) is 15.5. The van der Waals surface area contributed by atoms with Crippen LogP contribution in [0.1, 0.15) is 31.8 Å². The van der Waals surface area contributed by atoms with Crippen LogP contribution in [0, 0.1) is 0 Å². The Bertz CT molecular complexity index is 3300. The monoisotopic (exact) mass is 861 g/mol. The Labute approximate surface area is 382 Å². The van der Waals surface area contributed by atoms with Crippen LogP contribution < -0.4 is 15.2 Å². The molecule has 0 saturated heterocycles. The smallest absolute Gasteiger partial charge is 0.343 e. The number of benzene rings is 10. The molecule has 8 heteroatoms. The first-order chi connectivity index (χ1) is 32.4. The highest BCUT2D eigenvalue weighted by Gasteiger charge is 2.11. The van der Waals surface area contributed by atoms with E-state index in [4.69, 9.17) is 15.2 Å². The molecule has 0 unspecified atom stereocenters. The van der Waals surface area contributed by atoms with Gasteiger partial charge < -0.3 is 20.3 Å². The average Bonchev–Trinajstić information content (AvgIpc) is 3.37. The highest BCUT2D eigenvalue weighted by molar-refractivity contribution is 5.99.